The third-order valence-electron chi connectivity index (χ3n) is 7.80. The number of carboxylic acids is 1. The highest BCUT2D eigenvalue weighted by molar-refractivity contribution is 5.84. The predicted molar refractivity (Wildman–Crippen MR) is 162 cm³/mol. The van der Waals surface area contributed by atoms with Crippen LogP contribution in [0.25, 0.3) is 22.6 Å². The fourth-order valence-corrected chi connectivity index (χ4v) is 5.41. The average Bonchev–Trinajstić information content (AvgIpc) is 3.68. The van der Waals surface area contributed by atoms with Crippen LogP contribution in [0, 0.1) is 11.6 Å². The summed E-state index contributed by atoms with van der Waals surface area (Å²) in [6.07, 6.45) is -1.98. The predicted octanol–water partition coefficient (Wildman–Crippen LogP) is 6.68. The molecule has 0 bridgehead atoms. The maximum Gasteiger partial charge on any atom is 0.417 e. The molecule has 1 atom stereocenters. The second-order valence-corrected chi connectivity index (χ2v) is 11.4. The second-order valence-electron chi connectivity index (χ2n) is 11.4. The molecular weight excluding hydrogens is 627 g/mol. The molecule has 1 unspecified atom stereocenters. The third-order valence-corrected chi connectivity index (χ3v) is 7.80. The number of halogens is 5. The standard InChI is InChI=1S/C32H33F5N6O4/c1-4-14-46-19-10-11-20(22(15-19)32(35,36)37)24-16-27(47-41-24)31(30(44)45,12-5-6-13-42(2)3)43-18-26-25(17-38-43)39-29(40-26)21-8-7-9-23(33)28(21)34/h7-11,15-17H,4-6,12-14,18H2,1-3H3,(H,39,40)(H,44,45). The van der Waals surface area contributed by atoms with Crippen molar-refractivity contribution in [2.24, 2.45) is 5.10 Å². The number of hydrogen-bond donors (Lipinski definition) is 2. The minimum Gasteiger partial charge on any atom is -0.494 e. The Morgan fingerprint density at radius 2 is 1.91 bits per heavy atom. The highest BCUT2D eigenvalue weighted by Crippen LogP contribution is 2.43. The number of carbonyl (C=O) groups is 1. The zero-order valence-electron chi connectivity index (χ0n) is 25.9. The van der Waals surface area contributed by atoms with Gasteiger partial charge in [0, 0.05) is 11.6 Å². The molecule has 250 valence electrons. The topological polar surface area (TPSA) is 120 Å². The molecule has 0 spiro atoms. The molecule has 0 saturated carbocycles. The molecule has 0 amide bonds. The lowest BCUT2D eigenvalue weighted by Gasteiger charge is -2.37. The van der Waals surface area contributed by atoms with Gasteiger partial charge in [0.25, 0.3) is 0 Å². The maximum atomic E-state index is 14.5. The smallest absolute Gasteiger partial charge is 0.417 e. The lowest BCUT2D eigenvalue weighted by atomic mass is 9.87. The molecule has 10 nitrogen and oxygen atoms in total. The molecule has 5 rings (SSSR count). The van der Waals surface area contributed by atoms with Crippen LogP contribution in [-0.2, 0) is 23.1 Å². The third kappa shape index (κ3) is 6.84. The number of nitrogens with zero attached hydrogens (tertiary/aromatic N) is 5. The first-order valence-electron chi connectivity index (χ1n) is 14.9. The molecule has 4 aromatic rings. The lowest BCUT2D eigenvalue weighted by Crippen LogP contribution is -2.50. The Hall–Kier alpha value is -4.79. The van der Waals surface area contributed by atoms with Crippen LogP contribution in [0.5, 0.6) is 5.75 Å². The lowest BCUT2D eigenvalue weighted by molar-refractivity contribution is -0.156. The van der Waals surface area contributed by atoms with Gasteiger partial charge in [-0.25, -0.2) is 18.6 Å². The van der Waals surface area contributed by atoms with Crippen molar-refractivity contribution in [3.05, 3.63) is 76.8 Å². The number of aromatic amines is 1. The van der Waals surface area contributed by atoms with Crippen LogP contribution in [0.2, 0.25) is 0 Å². The number of aromatic nitrogens is 3. The number of unbranched alkanes of at least 4 members (excludes halogenated alkanes) is 1. The Morgan fingerprint density at radius 1 is 1.13 bits per heavy atom. The fraction of sp³-hybridized carbons (Fsp3) is 0.375. The van der Waals surface area contributed by atoms with E-state index in [0.717, 1.165) is 12.1 Å². The normalized spacial score (nSPS) is 14.4. The van der Waals surface area contributed by atoms with Crippen molar-refractivity contribution >= 4 is 12.2 Å². The van der Waals surface area contributed by atoms with E-state index in [2.05, 4.69) is 20.2 Å². The van der Waals surface area contributed by atoms with E-state index in [4.69, 9.17) is 9.26 Å². The van der Waals surface area contributed by atoms with E-state index in [1.54, 1.807) is 0 Å². The fourth-order valence-electron chi connectivity index (χ4n) is 5.41. The van der Waals surface area contributed by atoms with E-state index < -0.39 is 34.9 Å². The molecule has 0 radical (unpaired) electrons. The monoisotopic (exact) mass is 660 g/mol. The molecule has 2 aromatic heterocycles. The summed E-state index contributed by atoms with van der Waals surface area (Å²) in [7, 11) is 3.75. The molecule has 2 N–H and O–H groups in total. The molecule has 0 saturated heterocycles. The summed E-state index contributed by atoms with van der Waals surface area (Å²) < 4.78 is 82.0. The summed E-state index contributed by atoms with van der Waals surface area (Å²) in [6, 6.07) is 8.29. The van der Waals surface area contributed by atoms with Crippen molar-refractivity contribution in [2.45, 2.75) is 50.9 Å². The number of nitrogens with one attached hydrogen (secondary N) is 1. The Labute approximate surface area is 266 Å². The summed E-state index contributed by atoms with van der Waals surface area (Å²) >= 11 is 0. The number of rotatable bonds is 13. The molecule has 2 aromatic carbocycles. The minimum absolute atomic E-state index is 0.0141. The zero-order chi connectivity index (χ0) is 33.9. The van der Waals surface area contributed by atoms with Gasteiger partial charge in [0.15, 0.2) is 17.4 Å². The molecule has 0 fully saturated rings. The zero-order valence-corrected chi connectivity index (χ0v) is 25.9. The number of hydrogen-bond acceptors (Lipinski definition) is 8. The Kier molecular flexibility index (Phi) is 9.65. The first-order valence-corrected chi connectivity index (χ1v) is 14.9. The van der Waals surface area contributed by atoms with Gasteiger partial charge >= 0.3 is 12.1 Å². The van der Waals surface area contributed by atoms with E-state index in [1.807, 2.05) is 25.9 Å². The molecule has 0 aliphatic carbocycles. The maximum absolute atomic E-state index is 14.5. The van der Waals surface area contributed by atoms with Crippen molar-refractivity contribution in [3.63, 3.8) is 0 Å². The van der Waals surface area contributed by atoms with Crippen molar-refractivity contribution in [3.8, 4) is 28.4 Å². The van der Waals surface area contributed by atoms with Gasteiger partial charge in [-0.15, -0.1) is 0 Å². The Balaban J connectivity index is 1.55. The molecule has 1 aliphatic rings. The van der Waals surface area contributed by atoms with Gasteiger partial charge < -0.3 is 24.3 Å². The van der Waals surface area contributed by atoms with E-state index in [1.165, 1.54) is 41.6 Å². The molecule has 1 aliphatic heterocycles. The number of fused-ring (bicyclic) bond motifs is 1. The van der Waals surface area contributed by atoms with Crippen LogP contribution in [0.3, 0.4) is 0 Å². The van der Waals surface area contributed by atoms with Gasteiger partial charge in [0.2, 0.25) is 5.54 Å². The summed E-state index contributed by atoms with van der Waals surface area (Å²) in [5.74, 6) is -3.73. The van der Waals surface area contributed by atoms with E-state index in [-0.39, 0.29) is 59.4 Å². The number of benzene rings is 2. The van der Waals surface area contributed by atoms with Crippen molar-refractivity contribution in [2.75, 3.05) is 27.2 Å². The summed E-state index contributed by atoms with van der Waals surface area (Å²) in [5, 5.41) is 20.3. The van der Waals surface area contributed by atoms with Gasteiger partial charge in [-0.1, -0.05) is 18.1 Å². The van der Waals surface area contributed by atoms with Crippen LogP contribution in [0.4, 0.5) is 22.0 Å². The van der Waals surface area contributed by atoms with Crippen LogP contribution < -0.4 is 4.74 Å². The minimum atomic E-state index is -4.77. The van der Waals surface area contributed by atoms with Crippen molar-refractivity contribution in [1.29, 1.82) is 0 Å². The number of alkyl halides is 3. The summed E-state index contributed by atoms with van der Waals surface area (Å²) in [5.41, 5.74) is -3.05. The highest BCUT2D eigenvalue weighted by atomic mass is 19.4. The SMILES string of the molecule is CCCOc1ccc(-c2cc(C(CCCCN(C)C)(C(=O)O)N3Cc4[nH]c(-c5cccc(F)c5F)nc4C=N3)on2)c(C(F)(F)F)c1. The number of imidazole rings is 1. The van der Waals surface area contributed by atoms with Gasteiger partial charge in [-0.3, -0.25) is 5.01 Å². The number of H-pyrrole nitrogens is 1. The molecule has 3 heterocycles. The molecular formula is C32H33F5N6O4. The van der Waals surface area contributed by atoms with Gasteiger partial charge in [0.05, 0.1) is 36.2 Å². The highest BCUT2D eigenvalue weighted by Gasteiger charge is 2.50. The average molecular weight is 661 g/mol. The molecule has 47 heavy (non-hydrogen) atoms. The second kappa shape index (κ2) is 13.5. The van der Waals surface area contributed by atoms with Crippen LogP contribution >= 0.6 is 0 Å². The Bertz CT molecular complexity index is 1770. The first kappa shape index (κ1) is 33.6. The van der Waals surface area contributed by atoms with Crippen LogP contribution in [0.1, 0.15) is 55.3 Å². The number of aliphatic carboxylic acids is 1. The number of carboxylic acid groups (broad SMARTS) is 1. The number of hydrazone groups is 1. The number of ether oxygens (including phenoxy) is 1. The van der Waals surface area contributed by atoms with E-state index in [0.29, 0.717) is 31.5 Å². The Morgan fingerprint density at radius 3 is 2.62 bits per heavy atom. The van der Waals surface area contributed by atoms with Gasteiger partial charge in [-0.05, 0) is 76.7 Å². The first-order chi connectivity index (χ1) is 22.3. The summed E-state index contributed by atoms with van der Waals surface area (Å²) in [6.45, 7) is 2.53. The van der Waals surface area contributed by atoms with E-state index >= 15 is 0 Å². The van der Waals surface area contributed by atoms with E-state index in [9.17, 15) is 31.9 Å². The van der Waals surface area contributed by atoms with Gasteiger partial charge in [-0.2, -0.15) is 18.3 Å². The quantitative estimate of drug-likeness (QED) is 0.120. The van der Waals surface area contributed by atoms with Crippen molar-refractivity contribution < 1.29 is 41.1 Å². The van der Waals surface area contributed by atoms with Gasteiger partial charge in [0.1, 0.15) is 23.0 Å². The van der Waals surface area contributed by atoms with Crippen LogP contribution in [0.15, 0.2) is 52.1 Å². The van der Waals surface area contributed by atoms with Crippen molar-refractivity contribution in [1.82, 2.24) is 25.0 Å². The van der Waals surface area contributed by atoms with Crippen LogP contribution in [-0.4, -0.2) is 69.6 Å². The summed E-state index contributed by atoms with van der Waals surface area (Å²) in [4.78, 5) is 22.4. The molecule has 15 heteroatoms. The largest absolute Gasteiger partial charge is 0.494 e.